The maximum atomic E-state index is 11.6. The maximum absolute atomic E-state index is 11.6. The van der Waals surface area contributed by atoms with Gasteiger partial charge in [-0.15, -0.1) is 0 Å². The van der Waals surface area contributed by atoms with Crippen LogP contribution in [0.15, 0.2) is 34.9 Å². The number of carboxylic acids is 1. The topological polar surface area (TPSA) is 79.5 Å². The standard InChI is InChI=1S/C18H23N3O3/c1-18(2,3)17-19-15(24-20-17)11-21-9-13(14(10-21)16(22)23)12-7-5-4-6-8-12/h4-8,13-14H,9-11H2,1-3H3,(H,22,23)/t13-,14-/m1/s1. The predicted molar refractivity (Wildman–Crippen MR) is 88.6 cm³/mol. The molecule has 6 nitrogen and oxygen atoms in total. The fraction of sp³-hybridized carbons (Fsp3) is 0.500. The third-order valence-electron chi connectivity index (χ3n) is 4.44. The van der Waals surface area contributed by atoms with Crippen LogP contribution in [0, 0.1) is 5.92 Å². The van der Waals surface area contributed by atoms with Crippen LogP contribution in [0.5, 0.6) is 0 Å². The molecule has 0 spiro atoms. The van der Waals surface area contributed by atoms with Crippen LogP contribution < -0.4 is 0 Å². The highest BCUT2D eigenvalue weighted by Gasteiger charge is 2.39. The molecule has 1 saturated heterocycles. The van der Waals surface area contributed by atoms with E-state index in [1.165, 1.54) is 0 Å². The van der Waals surface area contributed by atoms with Crippen molar-refractivity contribution in [2.45, 2.75) is 38.6 Å². The van der Waals surface area contributed by atoms with Crippen LogP contribution in [0.2, 0.25) is 0 Å². The van der Waals surface area contributed by atoms with Crippen molar-refractivity contribution in [2.24, 2.45) is 5.92 Å². The van der Waals surface area contributed by atoms with Gasteiger partial charge in [0, 0.05) is 24.4 Å². The van der Waals surface area contributed by atoms with E-state index in [1.807, 2.05) is 51.1 Å². The Morgan fingerprint density at radius 1 is 1.29 bits per heavy atom. The van der Waals surface area contributed by atoms with Crippen LogP contribution in [0.1, 0.15) is 44.0 Å². The van der Waals surface area contributed by atoms with Gasteiger partial charge < -0.3 is 9.63 Å². The molecule has 1 aromatic carbocycles. The van der Waals surface area contributed by atoms with Gasteiger partial charge in [-0.3, -0.25) is 9.69 Å². The zero-order valence-corrected chi connectivity index (χ0v) is 14.3. The second-order valence-electron chi connectivity index (χ2n) is 7.42. The molecule has 1 aromatic heterocycles. The number of likely N-dealkylation sites (tertiary alicyclic amines) is 1. The van der Waals surface area contributed by atoms with Crippen molar-refractivity contribution in [3.05, 3.63) is 47.6 Å². The van der Waals surface area contributed by atoms with Gasteiger partial charge in [0.2, 0.25) is 5.89 Å². The number of rotatable bonds is 4. The molecule has 1 aliphatic rings. The number of aliphatic carboxylic acids is 1. The summed E-state index contributed by atoms with van der Waals surface area (Å²) < 4.78 is 5.34. The fourth-order valence-corrected chi connectivity index (χ4v) is 3.12. The molecule has 128 valence electrons. The van der Waals surface area contributed by atoms with Crippen LogP contribution >= 0.6 is 0 Å². The van der Waals surface area contributed by atoms with E-state index in [1.54, 1.807) is 0 Å². The van der Waals surface area contributed by atoms with Crippen molar-refractivity contribution in [3.8, 4) is 0 Å². The highest BCUT2D eigenvalue weighted by molar-refractivity contribution is 5.72. The van der Waals surface area contributed by atoms with E-state index in [0.29, 0.717) is 31.3 Å². The smallest absolute Gasteiger partial charge is 0.308 e. The number of nitrogens with zero attached hydrogens (tertiary/aromatic N) is 3. The van der Waals surface area contributed by atoms with Crippen molar-refractivity contribution in [2.75, 3.05) is 13.1 Å². The second-order valence-corrected chi connectivity index (χ2v) is 7.42. The first-order valence-corrected chi connectivity index (χ1v) is 8.18. The van der Waals surface area contributed by atoms with E-state index in [0.717, 1.165) is 5.56 Å². The first-order valence-electron chi connectivity index (χ1n) is 8.18. The average Bonchev–Trinajstić information content (AvgIpc) is 3.15. The molecule has 2 aromatic rings. The summed E-state index contributed by atoms with van der Waals surface area (Å²) in [5.41, 5.74) is 0.899. The number of benzene rings is 1. The van der Waals surface area contributed by atoms with Crippen molar-refractivity contribution in [1.82, 2.24) is 15.0 Å². The molecule has 3 rings (SSSR count). The van der Waals surface area contributed by atoms with Crippen molar-refractivity contribution in [1.29, 1.82) is 0 Å². The van der Waals surface area contributed by atoms with Gasteiger partial charge in [-0.25, -0.2) is 0 Å². The molecule has 6 heteroatoms. The monoisotopic (exact) mass is 329 g/mol. The SMILES string of the molecule is CC(C)(C)c1noc(CN2C[C@H](c3ccccc3)[C@H](C(=O)O)C2)n1. The van der Waals surface area contributed by atoms with E-state index >= 15 is 0 Å². The third-order valence-corrected chi connectivity index (χ3v) is 4.44. The number of hydrogen-bond acceptors (Lipinski definition) is 5. The molecule has 1 aliphatic heterocycles. The summed E-state index contributed by atoms with van der Waals surface area (Å²) in [5.74, 6) is 0.0160. The Morgan fingerprint density at radius 2 is 2.00 bits per heavy atom. The van der Waals surface area contributed by atoms with Crippen LogP contribution in [0.25, 0.3) is 0 Å². The van der Waals surface area contributed by atoms with Gasteiger partial charge in [0.1, 0.15) is 0 Å². The minimum atomic E-state index is -0.757. The Hall–Kier alpha value is -2.21. The zero-order valence-electron chi connectivity index (χ0n) is 14.3. The van der Waals surface area contributed by atoms with E-state index in [-0.39, 0.29) is 11.3 Å². The lowest BCUT2D eigenvalue weighted by Gasteiger charge is -2.15. The van der Waals surface area contributed by atoms with Gasteiger partial charge in [0.25, 0.3) is 0 Å². The Balaban J connectivity index is 1.74. The molecule has 1 fully saturated rings. The minimum Gasteiger partial charge on any atom is -0.481 e. The summed E-state index contributed by atoms with van der Waals surface area (Å²) in [6, 6.07) is 9.83. The van der Waals surface area contributed by atoms with Gasteiger partial charge in [-0.2, -0.15) is 4.98 Å². The number of carbonyl (C=O) groups is 1. The second kappa shape index (κ2) is 6.36. The first-order chi connectivity index (χ1) is 11.3. The molecule has 0 radical (unpaired) electrons. The normalized spacial score (nSPS) is 22.0. The van der Waals surface area contributed by atoms with E-state index in [4.69, 9.17) is 4.52 Å². The molecule has 0 amide bonds. The number of carboxylic acid groups (broad SMARTS) is 1. The quantitative estimate of drug-likeness (QED) is 0.929. The fourth-order valence-electron chi connectivity index (χ4n) is 3.12. The third kappa shape index (κ3) is 3.48. The van der Waals surface area contributed by atoms with E-state index < -0.39 is 11.9 Å². The lowest BCUT2D eigenvalue weighted by atomic mass is 9.89. The van der Waals surface area contributed by atoms with Crippen molar-refractivity contribution in [3.63, 3.8) is 0 Å². The average molecular weight is 329 g/mol. The van der Waals surface area contributed by atoms with E-state index in [9.17, 15) is 9.90 Å². The summed E-state index contributed by atoms with van der Waals surface area (Å²) >= 11 is 0. The van der Waals surface area contributed by atoms with Gasteiger partial charge in [-0.05, 0) is 5.56 Å². The molecular formula is C18H23N3O3. The van der Waals surface area contributed by atoms with Crippen LogP contribution in [0.3, 0.4) is 0 Å². The zero-order chi connectivity index (χ0) is 17.3. The number of aromatic nitrogens is 2. The highest BCUT2D eigenvalue weighted by atomic mass is 16.5. The van der Waals surface area contributed by atoms with Crippen molar-refractivity contribution >= 4 is 5.97 Å². The Bertz CT molecular complexity index is 706. The summed E-state index contributed by atoms with van der Waals surface area (Å²) in [5, 5.41) is 13.6. The minimum absolute atomic E-state index is 0.0197. The largest absolute Gasteiger partial charge is 0.481 e. The molecule has 2 heterocycles. The van der Waals surface area contributed by atoms with E-state index in [2.05, 4.69) is 15.0 Å². The molecule has 0 unspecified atom stereocenters. The van der Waals surface area contributed by atoms with Gasteiger partial charge >= 0.3 is 5.97 Å². The molecule has 1 N–H and O–H groups in total. The number of hydrogen-bond donors (Lipinski definition) is 1. The summed E-state index contributed by atoms with van der Waals surface area (Å²) in [6.07, 6.45) is 0. The highest BCUT2D eigenvalue weighted by Crippen LogP contribution is 2.33. The lowest BCUT2D eigenvalue weighted by Crippen LogP contribution is -2.23. The van der Waals surface area contributed by atoms with Crippen LogP contribution in [-0.4, -0.2) is 39.2 Å². The summed E-state index contributed by atoms with van der Waals surface area (Å²) in [6.45, 7) is 7.74. The molecule has 0 saturated carbocycles. The Morgan fingerprint density at radius 3 is 2.58 bits per heavy atom. The van der Waals surface area contributed by atoms with Gasteiger partial charge in [0.15, 0.2) is 5.82 Å². The summed E-state index contributed by atoms with van der Waals surface area (Å²) in [4.78, 5) is 18.2. The Kier molecular flexibility index (Phi) is 4.41. The molecule has 24 heavy (non-hydrogen) atoms. The molecular weight excluding hydrogens is 306 g/mol. The first kappa shape index (κ1) is 16.6. The summed E-state index contributed by atoms with van der Waals surface area (Å²) in [7, 11) is 0. The molecule has 0 bridgehead atoms. The van der Waals surface area contributed by atoms with Gasteiger partial charge in [0.05, 0.1) is 12.5 Å². The molecule has 0 aliphatic carbocycles. The lowest BCUT2D eigenvalue weighted by molar-refractivity contribution is -0.141. The van der Waals surface area contributed by atoms with Gasteiger partial charge in [-0.1, -0.05) is 56.3 Å². The van der Waals surface area contributed by atoms with Crippen LogP contribution in [-0.2, 0) is 16.8 Å². The molecule has 2 atom stereocenters. The maximum Gasteiger partial charge on any atom is 0.308 e. The Labute approximate surface area is 141 Å². The van der Waals surface area contributed by atoms with Crippen molar-refractivity contribution < 1.29 is 14.4 Å². The van der Waals surface area contributed by atoms with Crippen LogP contribution in [0.4, 0.5) is 0 Å². The predicted octanol–water partition coefficient (Wildman–Crippen LogP) is 2.67.